The Morgan fingerprint density at radius 3 is 2.89 bits per heavy atom. The Balaban J connectivity index is 1.44. The molecule has 3 rings (SSSR count). The number of benzene rings is 1. The van der Waals surface area contributed by atoms with Gasteiger partial charge in [0.2, 0.25) is 0 Å². The first-order chi connectivity index (χ1) is 13.7. The van der Waals surface area contributed by atoms with Crippen molar-refractivity contribution in [3.63, 3.8) is 0 Å². The summed E-state index contributed by atoms with van der Waals surface area (Å²) in [6.07, 6.45) is 6.14. The summed E-state index contributed by atoms with van der Waals surface area (Å²) in [6.45, 7) is 4.67. The maximum Gasteiger partial charge on any atom is 0.190 e. The van der Waals surface area contributed by atoms with E-state index in [4.69, 9.17) is 16.3 Å². The zero-order valence-electron chi connectivity index (χ0n) is 17.3. The van der Waals surface area contributed by atoms with Crippen LogP contribution >= 0.6 is 11.6 Å². The number of aliphatic imine (C=N–C) groups is 1. The highest BCUT2D eigenvalue weighted by Gasteiger charge is 2.30. The van der Waals surface area contributed by atoms with Crippen LogP contribution in [0.2, 0.25) is 5.02 Å². The minimum Gasteiger partial charge on any atom is -0.381 e. The van der Waals surface area contributed by atoms with E-state index in [0.717, 1.165) is 56.2 Å². The second-order valence-electron chi connectivity index (χ2n) is 8.13. The van der Waals surface area contributed by atoms with Gasteiger partial charge in [0.15, 0.2) is 5.96 Å². The molecule has 2 atom stereocenters. The van der Waals surface area contributed by atoms with E-state index in [9.17, 15) is 0 Å². The second kappa shape index (κ2) is 11.0. The lowest BCUT2D eigenvalue weighted by Gasteiger charge is -2.40. The average molecular weight is 407 g/mol. The summed E-state index contributed by atoms with van der Waals surface area (Å²) in [5.74, 6) is 2.24. The minimum atomic E-state index is 0.383. The molecule has 5 nitrogen and oxygen atoms in total. The highest BCUT2D eigenvalue weighted by atomic mass is 35.5. The largest absolute Gasteiger partial charge is 0.381 e. The van der Waals surface area contributed by atoms with Gasteiger partial charge in [-0.15, -0.1) is 0 Å². The van der Waals surface area contributed by atoms with Gasteiger partial charge in [-0.2, -0.15) is 0 Å². The summed E-state index contributed by atoms with van der Waals surface area (Å²) in [5, 5.41) is 7.75. The molecule has 1 saturated carbocycles. The van der Waals surface area contributed by atoms with Crippen molar-refractivity contribution < 1.29 is 4.74 Å². The van der Waals surface area contributed by atoms with E-state index in [2.05, 4.69) is 45.8 Å². The van der Waals surface area contributed by atoms with Crippen molar-refractivity contribution in [1.29, 1.82) is 0 Å². The van der Waals surface area contributed by atoms with Crippen molar-refractivity contribution in [3.8, 4) is 0 Å². The Labute approximate surface area is 174 Å². The summed E-state index contributed by atoms with van der Waals surface area (Å²) in [6, 6.07) is 8.68. The number of halogens is 1. The third-order valence-corrected chi connectivity index (χ3v) is 6.00. The minimum absolute atomic E-state index is 0.383. The predicted molar refractivity (Wildman–Crippen MR) is 117 cm³/mol. The third-order valence-electron chi connectivity index (χ3n) is 5.76. The Morgan fingerprint density at radius 2 is 2.14 bits per heavy atom. The second-order valence-corrected chi connectivity index (χ2v) is 8.57. The highest BCUT2D eigenvalue weighted by molar-refractivity contribution is 6.30. The smallest absolute Gasteiger partial charge is 0.190 e. The molecule has 2 fully saturated rings. The van der Waals surface area contributed by atoms with Crippen molar-refractivity contribution in [2.24, 2.45) is 16.8 Å². The van der Waals surface area contributed by atoms with Gasteiger partial charge < -0.3 is 15.4 Å². The molecule has 2 unspecified atom stereocenters. The molecule has 0 bridgehead atoms. The molecule has 0 radical (unpaired) electrons. The number of nitrogens with zero attached hydrogens (tertiary/aromatic N) is 2. The monoisotopic (exact) mass is 406 g/mol. The number of hydrogen-bond donors (Lipinski definition) is 2. The van der Waals surface area contributed by atoms with Crippen molar-refractivity contribution in [1.82, 2.24) is 15.5 Å². The lowest BCUT2D eigenvalue weighted by molar-refractivity contribution is 0.121. The fourth-order valence-electron chi connectivity index (χ4n) is 4.05. The molecule has 28 heavy (non-hydrogen) atoms. The normalized spacial score (nSPS) is 23.6. The Kier molecular flexibility index (Phi) is 8.44. The standard InChI is InChI=1S/C22H35ClN4O/c1-24-22(25-11-5-13-28-16-17-9-10-17)26-15-19-7-4-12-27(2)21(19)18-6-3-8-20(23)14-18/h3,6,8,14,17,19,21H,4-5,7,9-13,15-16H2,1-2H3,(H2,24,25,26). The van der Waals surface area contributed by atoms with Gasteiger partial charge in [-0.25, -0.2) is 0 Å². The van der Waals surface area contributed by atoms with Gasteiger partial charge in [0, 0.05) is 44.4 Å². The van der Waals surface area contributed by atoms with Crippen LogP contribution in [0.25, 0.3) is 0 Å². The summed E-state index contributed by atoms with van der Waals surface area (Å²) in [7, 11) is 4.05. The maximum atomic E-state index is 6.25. The zero-order valence-corrected chi connectivity index (χ0v) is 18.0. The van der Waals surface area contributed by atoms with Gasteiger partial charge in [0.1, 0.15) is 0 Å². The molecule has 1 heterocycles. The first kappa shape index (κ1) is 21.4. The molecule has 0 aromatic heterocycles. The van der Waals surface area contributed by atoms with E-state index in [-0.39, 0.29) is 0 Å². The fraction of sp³-hybridized carbons (Fsp3) is 0.682. The van der Waals surface area contributed by atoms with Crippen molar-refractivity contribution in [2.45, 2.75) is 38.1 Å². The van der Waals surface area contributed by atoms with E-state index in [0.29, 0.717) is 12.0 Å². The van der Waals surface area contributed by atoms with Crippen molar-refractivity contribution in [3.05, 3.63) is 34.9 Å². The van der Waals surface area contributed by atoms with Gasteiger partial charge in [-0.1, -0.05) is 23.7 Å². The molecular formula is C22H35ClN4O. The molecule has 1 aliphatic heterocycles. The number of likely N-dealkylation sites (tertiary alicyclic amines) is 1. The van der Waals surface area contributed by atoms with Crippen molar-refractivity contribution in [2.75, 3.05) is 46.9 Å². The summed E-state index contributed by atoms with van der Waals surface area (Å²) >= 11 is 6.25. The number of ether oxygens (including phenoxy) is 1. The van der Waals surface area contributed by atoms with E-state index >= 15 is 0 Å². The molecule has 0 amide bonds. The average Bonchev–Trinajstić information content (AvgIpc) is 3.51. The Hall–Kier alpha value is -1.30. The van der Waals surface area contributed by atoms with Gasteiger partial charge in [0.05, 0.1) is 0 Å². The number of rotatable bonds is 9. The van der Waals surface area contributed by atoms with E-state index in [1.165, 1.54) is 31.2 Å². The number of hydrogen-bond acceptors (Lipinski definition) is 3. The first-order valence-electron chi connectivity index (χ1n) is 10.7. The third kappa shape index (κ3) is 6.64. The molecule has 1 saturated heterocycles. The molecule has 156 valence electrons. The van der Waals surface area contributed by atoms with Crippen LogP contribution in [-0.2, 0) is 4.74 Å². The van der Waals surface area contributed by atoms with Gasteiger partial charge in [0.25, 0.3) is 0 Å². The lowest BCUT2D eigenvalue weighted by atomic mass is 9.85. The summed E-state index contributed by atoms with van der Waals surface area (Å²) in [5.41, 5.74) is 1.30. The molecule has 2 N–H and O–H groups in total. The molecule has 0 spiro atoms. The number of piperidine rings is 1. The zero-order chi connectivity index (χ0) is 19.8. The highest BCUT2D eigenvalue weighted by Crippen LogP contribution is 2.35. The molecule has 2 aliphatic rings. The molecule has 6 heteroatoms. The fourth-order valence-corrected chi connectivity index (χ4v) is 4.25. The SMILES string of the molecule is CN=C(NCCCOCC1CC1)NCC1CCCN(C)C1c1cccc(Cl)c1. The van der Waals surface area contributed by atoms with Crippen LogP contribution in [0.1, 0.15) is 43.7 Å². The topological polar surface area (TPSA) is 48.9 Å². The first-order valence-corrected chi connectivity index (χ1v) is 11.0. The van der Waals surface area contributed by atoms with E-state index in [1.54, 1.807) is 0 Å². The predicted octanol–water partition coefficient (Wildman–Crippen LogP) is 3.70. The van der Waals surface area contributed by atoms with E-state index in [1.807, 2.05) is 13.1 Å². The summed E-state index contributed by atoms with van der Waals surface area (Å²) < 4.78 is 5.70. The van der Waals surface area contributed by atoms with Gasteiger partial charge in [-0.05, 0) is 75.2 Å². The quantitative estimate of drug-likeness (QED) is 0.373. The van der Waals surface area contributed by atoms with Crippen LogP contribution in [-0.4, -0.2) is 57.8 Å². The molecule has 1 aromatic carbocycles. The maximum absolute atomic E-state index is 6.25. The van der Waals surface area contributed by atoms with E-state index < -0.39 is 0 Å². The Morgan fingerprint density at radius 1 is 1.29 bits per heavy atom. The summed E-state index contributed by atoms with van der Waals surface area (Å²) in [4.78, 5) is 6.83. The lowest BCUT2D eigenvalue weighted by Crippen LogP contribution is -2.45. The Bertz CT molecular complexity index is 635. The molecule has 1 aliphatic carbocycles. The van der Waals surface area contributed by atoms with Crippen LogP contribution in [0.3, 0.4) is 0 Å². The van der Waals surface area contributed by atoms with Crippen LogP contribution in [0.4, 0.5) is 0 Å². The van der Waals surface area contributed by atoms with Crippen molar-refractivity contribution >= 4 is 17.6 Å². The number of nitrogens with one attached hydrogen (secondary N) is 2. The van der Waals surface area contributed by atoms with Gasteiger partial charge >= 0.3 is 0 Å². The van der Waals surface area contributed by atoms with Crippen LogP contribution in [0, 0.1) is 11.8 Å². The van der Waals surface area contributed by atoms with Gasteiger partial charge in [-0.3, -0.25) is 9.89 Å². The number of guanidine groups is 1. The van der Waals surface area contributed by atoms with Crippen LogP contribution in [0.5, 0.6) is 0 Å². The van der Waals surface area contributed by atoms with Crippen LogP contribution in [0.15, 0.2) is 29.3 Å². The molecular weight excluding hydrogens is 372 g/mol. The molecule has 1 aromatic rings. The van der Waals surface area contributed by atoms with Crippen LogP contribution < -0.4 is 10.6 Å².